The molecule has 0 saturated heterocycles. The number of rotatable bonds is 4. The van der Waals surface area contributed by atoms with E-state index < -0.39 is 0 Å². The molecule has 0 radical (unpaired) electrons. The summed E-state index contributed by atoms with van der Waals surface area (Å²) in [5.41, 5.74) is 5.97. The van der Waals surface area contributed by atoms with Crippen LogP contribution in [0.25, 0.3) is 0 Å². The van der Waals surface area contributed by atoms with Crippen LogP contribution >= 0.6 is 0 Å². The molecule has 0 aliphatic rings. The van der Waals surface area contributed by atoms with Crippen LogP contribution in [-0.2, 0) is 0 Å². The highest BCUT2D eigenvalue weighted by Gasteiger charge is 2.23. The SMILES string of the molecule is CCC(CN(C)C)C(C)(C)N. The summed E-state index contributed by atoms with van der Waals surface area (Å²) < 4.78 is 0. The molecule has 2 N–H and O–H groups in total. The average molecular weight is 158 g/mol. The predicted molar refractivity (Wildman–Crippen MR) is 50.6 cm³/mol. The Kier molecular flexibility index (Phi) is 4.04. The van der Waals surface area contributed by atoms with E-state index in [1.807, 2.05) is 0 Å². The molecule has 68 valence electrons. The van der Waals surface area contributed by atoms with Gasteiger partial charge in [0.05, 0.1) is 0 Å². The van der Waals surface area contributed by atoms with Crippen molar-refractivity contribution in [2.24, 2.45) is 11.7 Å². The van der Waals surface area contributed by atoms with Crippen molar-refractivity contribution >= 4 is 0 Å². The normalized spacial score (nSPS) is 15.5. The van der Waals surface area contributed by atoms with Gasteiger partial charge in [-0.15, -0.1) is 0 Å². The lowest BCUT2D eigenvalue weighted by molar-refractivity contribution is 0.232. The number of nitrogens with zero attached hydrogens (tertiary/aromatic N) is 1. The fourth-order valence-electron chi connectivity index (χ4n) is 1.33. The molecule has 0 heterocycles. The Morgan fingerprint density at radius 2 is 1.82 bits per heavy atom. The van der Waals surface area contributed by atoms with Gasteiger partial charge in [0.25, 0.3) is 0 Å². The molecule has 1 atom stereocenters. The van der Waals surface area contributed by atoms with Crippen molar-refractivity contribution in [2.75, 3.05) is 20.6 Å². The van der Waals surface area contributed by atoms with E-state index in [4.69, 9.17) is 5.73 Å². The molecule has 0 aliphatic heterocycles. The van der Waals surface area contributed by atoms with Crippen LogP contribution in [0.1, 0.15) is 27.2 Å². The molecule has 2 heteroatoms. The van der Waals surface area contributed by atoms with Crippen molar-refractivity contribution in [3.63, 3.8) is 0 Å². The lowest BCUT2D eigenvalue weighted by Crippen LogP contribution is -2.45. The highest BCUT2D eigenvalue weighted by atomic mass is 15.1. The summed E-state index contributed by atoms with van der Waals surface area (Å²) in [6.07, 6.45) is 1.15. The van der Waals surface area contributed by atoms with Gasteiger partial charge < -0.3 is 10.6 Å². The van der Waals surface area contributed by atoms with Crippen LogP contribution in [0.3, 0.4) is 0 Å². The van der Waals surface area contributed by atoms with Gasteiger partial charge >= 0.3 is 0 Å². The molecule has 2 nitrogen and oxygen atoms in total. The van der Waals surface area contributed by atoms with E-state index in [9.17, 15) is 0 Å². The zero-order chi connectivity index (χ0) is 9.07. The van der Waals surface area contributed by atoms with Gasteiger partial charge in [-0.25, -0.2) is 0 Å². The first-order chi connectivity index (χ1) is 4.88. The number of nitrogens with two attached hydrogens (primary N) is 1. The summed E-state index contributed by atoms with van der Waals surface area (Å²) in [5.74, 6) is 0.595. The van der Waals surface area contributed by atoms with E-state index in [0.29, 0.717) is 5.92 Å². The van der Waals surface area contributed by atoms with Gasteiger partial charge in [-0.1, -0.05) is 13.3 Å². The van der Waals surface area contributed by atoms with Crippen LogP contribution in [0.5, 0.6) is 0 Å². The van der Waals surface area contributed by atoms with Crippen molar-refractivity contribution in [2.45, 2.75) is 32.7 Å². The Morgan fingerprint density at radius 1 is 1.36 bits per heavy atom. The van der Waals surface area contributed by atoms with Gasteiger partial charge in [0, 0.05) is 12.1 Å². The standard InChI is InChI=1S/C9H22N2/c1-6-8(7-11(4)5)9(2,3)10/h8H,6-7,10H2,1-5H3. The van der Waals surface area contributed by atoms with Crippen LogP contribution in [-0.4, -0.2) is 31.1 Å². The molecule has 1 unspecified atom stereocenters. The summed E-state index contributed by atoms with van der Waals surface area (Å²) >= 11 is 0. The Morgan fingerprint density at radius 3 is 1.91 bits per heavy atom. The molecule has 0 rings (SSSR count). The lowest BCUT2D eigenvalue weighted by Gasteiger charge is -2.31. The van der Waals surface area contributed by atoms with Crippen molar-refractivity contribution in [3.8, 4) is 0 Å². The van der Waals surface area contributed by atoms with Gasteiger partial charge in [0.1, 0.15) is 0 Å². The molecule has 0 aromatic rings. The maximum atomic E-state index is 6.01. The first-order valence-electron chi connectivity index (χ1n) is 4.31. The number of hydrogen-bond donors (Lipinski definition) is 1. The summed E-state index contributed by atoms with van der Waals surface area (Å²) in [4.78, 5) is 2.20. The molecule has 0 aliphatic carbocycles. The minimum atomic E-state index is -0.0426. The van der Waals surface area contributed by atoms with Gasteiger partial charge in [-0.3, -0.25) is 0 Å². The Hall–Kier alpha value is -0.0800. The van der Waals surface area contributed by atoms with E-state index in [-0.39, 0.29) is 5.54 Å². The third kappa shape index (κ3) is 4.38. The monoisotopic (exact) mass is 158 g/mol. The number of hydrogen-bond acceptors (Lipinski definition) is 2. The molecule has 0 saturated carbocycles. The second-order valence-electron chi connectivity index (χ2n) is 4.19. The second kappa shape index (κ2) is 4.07. The molecule has 0 aromatic carbocycles. The molecule has 0 spiro atoms. The first-order valence-corrected chi connectivity index (χ1v) is 4.31. The molecule has 0 fully saturated rings. The predicted octanol–water partition coefficient (Wildman–Crippen LogP) is 1.31. The van der Waals surface area contributed by atoms with Gasteiger partial charge in [-0.05, 0) is 33.9 Å². The summed E-state index contributed by atoms with van der Waals surface area (Å²) in [5, 5.41) is 0. The highest BCUT2D eigenvalue weighted by molar-refractivity contribution is 4.82. The van der Waals surface area contributed by atoms with Crippen molar-refractivity contribution < 1.29 is 0 Å². The Bertz CT molecular complexity index is 103. The average Bonchev–Trinajstić information content (AvgIpc) is 1.79. The fraction of sp³-hybridized carbons (Fsp3) is 1.00. The Balaban J connectivity index is 3.96. The maximum Gasteiger partial charge on any atom is 0.0137 e. The molecule has 11 heavy (non-hydrogen) atoms. The van der Waals surface area contributed by atoms with E-state index in [1.165, 1.54) is 0 Å². The van der Waals surface area contributed by atoms with Crippen LogP contribution in [0.2, 0.25) is 0 Å². The summed E-state index contributed by atoms with van der Waals surface area (Å²) in [6.45, 7) is 7.48. The van der Waals surface area contributed by atoms with Crippen LogP contribution in [0.4, 0.5) is 0 Å². The molecular formula is C9H22N2. The summed E-state index contributed by atoms with van der Waals surface area (Å²) in [6, 6.07) is 0. The van der Waals surface area contributed by atoms with E-state index in [0.717, 1.165) is 13.0 Å². The van der Waals surface area contributed by atoms with E-state index >= 15 is 0 Å². The maximum absolute atomic E-state index is 6.01. The molecule has 0 bridgehead atoms. The largest absolute Gasteiger partial charge is 0.325 e. The van der Waals surface area contributed by atoms with Gasteiger partial charge in [0.2, 0.25) is 0 Å². The van der Waals surface area contributed by atoms with Crippen LogP contribution < -0.4 is 5.73 Å². The van der Waals surface area contributed by atoms with Gasteiger partial charge in [-0.2, -0.15) is 0 Å². The van der Waals surface area contributed by atoms with E-state index in [1.54, 1.807) is 0 Å². The highest BCUT2D eigenvalue weighted by Crippen LogP contribution is 2.17. The fourth-order valence-corrected chi connectivity index (χ4v) is 1.33. The lowest BCUT2D eigenvalue weighted by atomic mass is 9.86. The zero-order valence-electron chi connectivity index (χ0n) is 8.52. The van der Waals surface area contributed by atoms with Gasteiger partial charge in [0.15, 0.2) is 0 Å². The third-order valence-corrected chi connectivity index (χ3v) is 2.13. The van der Waals surface area contributed by atoms with Crippen LogP contribution in [0.15, 0.2) is 0 Å². The molecular weight excluding hydrogens is 136 g/mol. The smallest absolute Gasteiger partial charge is 0.0137 e. The second-order valence-corrected chi connectivity index (χ2v) is 4.19. The van der Waals surface area contributed by atoms with Crippen molar-refractivity contribution in [1.29, 1.82) is 0 Å². The third-order valence-electron chi connectivity index (χ3n) is 2.13. The minimum absolute atomic E-state index is 0.0426. The molecule has 0 amide bonds. The van der Waals surface area contributed by atoms with Crippen molar-refractivity contribution in [3.05, 3.63) is 0 Å². The topological polar surface area (TPSA) is 29.3 Å². The Labute approximate surface area is 70.8 Å². The zero-order valence-corrected chi connectivity index (χ0v) is 8.52. The quantitative estimate of drug-likeness (QED) is 0.668. The molecule has 0 aromatic heterocycles. The van der Waals surface area contributed by atoms with E-state index in [2.05, 4.69) is 39.8 Å². The summed E-state index contributed by atoms with van der Waals surface area (Å²) in [7, 11) is 4.18. The first kappa shape index (κ1) is 10.9. The van der Waals surface area contributed by atoms with Crippen molar-refractivity contribution in [1.82, 2.24) is 4.90 Å². The van der Waals surface area contributed by atoms with Crippen LogP contribution in [0, 0.1) is 5.92 Å². The minimum Gasteiger partial charge on any atom is -0.325 e.